The van der Waals surface area contributed by atoms with Gasteiger partial charge < -0.3 is 5.11 Å². The molecule has 0 aliphatic rings. The Morgan fingerprint density at radius 3 is 2.07 bits per heavy atom. The number of benzene rings is 1. The minimum absolute atomic E-state index is 0.172. The monoisotopic (exact) mass is 413 g/mol. The predicted octanol–water partition coefficient (Wildman–Crippen LogP) is 3.52. The van der Waals surface area contributed by atoms with E-state index < -0.39 is 29.7 Å². The van der Waals surface area contributed by atoms with Crippen molar-refractivity contribution in [2.75, 3.05) is 0 Å². The third kappa shape index (κ3) is 4.65. The Balaban J connectivity index is 2.57. The second kappa shape index (κ2) is 6.80. The van der Waals surface area contributed by atoms with Gasteiger partial charge >= 0.3 is 0 Å². The van der Waals surface area contributed by atoms with Crippen molar-refractivity contribution in [1.29, 1.82) is 0 Å². The van der Waals surface area contributed by atoms with Crippen molar-refractivity contribution in [3.05, 3.63) is 41.8 Å². The van der Waals surface area contributed by atoms with Crippen LogP contribution in [0, 0.1) is 5.82 Å². The van der Waals surface area contributed by atoms with E-state index in [1.165, 1.54) is 35.0 Å². The Labute approximate surface area is 161 Å². The van der Waals surface area contributed by atoms with Gasteiger partial charge in [-0.3, -0.25) is 0 Å². The molecule has 0 saturated carbocycles. The first kappa shape index (κ1) is 21.7. The SMILES string of the molecule is CC(C)(O)c1cc(S(=O)(=O)N[Si](C)(C)C(C)(C)C)nn1-c1ccc(F)cc1. The predicted molar refractivity (Wildman–Crippen MR) is 106 cm³/mol. The fourth-order valence-corrected chi connectivity index (χ4v) is 7.03. The molecular formula is C18H28FN3O3SSi. The molecule has 0 bridgehead atoms. The molecule has 2 N–H and O–H groups in total. The second-order valence-corrected chi connectivity index (χ2v) is 15.8. The third-order valence-corrected chi connectivity index (χ3v) is 12.5. The molecular weight excluding hydrogens is 385 g/mol. The van der Waals surface area contributed by atoms with Gasteiger partial charge in [-0.15, -0.1) is 0 Å². The standard InChI is InChI=1S/C18H28FN3O3SSi/c1-17(2,3)27(6,7)21-26(24,25)16-12-15(18(4,5)23)22(20-16)14-10-8-13(19)9-11-14/h8-12,21,23H,1-7H3. The zero-order valence-corrected chi connectivity index (χ0v) is 18.6. The van der Waals surface area contributed by atoms with Crippen LogP contribution in [0.1, 0.15) is 40.3 Å². The molecule has 2 aromatic rings. The Kier molecular flexibility index (Phi) is 5.48. The van der Waals surface area contributed by atoms with Crippen molar-refractivity contribution in [3.63, 3.8) is 0 Å². The van der Waals surface area contributed by atoms with Crippen LogP contribution in [0.25, 0.3) is 5.69 Å². The van der Waals surface area contributed by atoms with Gasteiger partial charge in [0.15, 0.2) is 5.03 Å². The van der Waals surface area contributed by atoms with Gasteiger partial charge in [0.05, 0.1) is 11.4 Å². The summed E-state index contributed by atoms with van der Waals surface area (Å²) in [5, 5.41) is 14.3. The molecule has 150 valence electrons. The van der Waals surface area contributed by atoms with Crippen LogP contribution < -0.4 is 4.39 Å². The summed E-state index contributed by atoms with van der Waals surface area (Å²) >= 11 is 0. The van der Waals surface area contributed by atoms with Crippen LogP contribution in [-0.2, 0) is 15.6 Å². The van der Waals surface area contributed by atoms with E-state index in [1.807, 2.05) is 33.9 Å². The maximum atomic E-state index is 13.2. The van der Waals surface area contributed by atoms with Crippen LogP contribution in [0.15, 0.2) is 35.4 Å². The number of halogens is 1. The average Bonchev–Trinajstić information content (AvgIpc) is 2.92. The first-order valence-electron chi connectivity index (χ1n) is 8.67. The maximum absolute atomic E-state index is 13.2. The van der Waals surface area contributed by atoms with E-state index in [0.29, 0.717) is 11.4 Å². The van der Waals surface area contributed by atoms with Crippen LogP contribution >= 0.6 is 0 Å². The molecule has 27 heavy (non-hydrogen) atoms. The average molecular weight is 414 g/mol. The van der Waals surface area contributed by atoms with E-state index in [4.69, 9.17) is 0 Å². The summed E-state index contributed by atoms with van der Waals surface area (Å²) in [4.78, 5) is 0. The van der Waals surface area contributed by atoms with Crippen LogP contribution in [0.5, 0.6) is 0 Å². The number of rotatable bonds is 5. The lowest BCUT2D eigenvalue weighted by atomic mass is 10.1. The summed E-state index contributed by atoms with van der Waals surface area (Å²) in [6.45, 7) is 13.0. The van der Waals surface area contributed by atoms with E-state index in [2.05, 4.69) is 9.49 Å². The van der Waals surface area contributed by atoms with Crippen LogP contribution in [-0.4, -0.2) is 31.5 Å². The summed E-state index contributed by atoms with van der Waals surface area (Å²) in [6, 6.07) is 6.84. The summed E-state index contributed by atoms with van der Waals surface area (Å²) < 4.78 is 43.4. The van der Waals surface area contributed by atoms with Crippen LogP contribution in [0.3, 0.4) is 0 Å². The van der Waals surface area contributed by atoms with Crippen molar-refractivity contribution in [3.8, 4) is 5.69 Å². The smallest absolute Gasteiger partial charge is 0.253 e. The van der Waals surface area contributed by atoms with Crippen molar-refractivity contribution in [2.24, 2.45) is 0 Å². The van der Waals surface area contributed by atoms with Gasteiger partial charge in [-0.05, 0) is 43.2 Å². The van der Waals surface area contributed by atoms with Gasteiger partial charge in [0.25, 0.3) is 10.0 Å². The van der Waals surface area contributed by atoms with Gasteiger partial charge in [-0.25, -0.2) is 21.9 Å². The minimum Gasteiger partial charge on any atom is -0.384 e. The number of aromatic nitrogens is 2. The molecule has 1 aromatic heterocycles. The molecule has 0 spiro atoms. The Hall–Kier alpha value is -1.55. The number of aliphatic hydroxyl groups is 1. The highest BCUT2D eigenvalue weighted by Gasteiger charge is 2.40. The van der Waals surface area contributed by atoms with Gasteiger partial charge in [0, 0.05) is 6.07 Å². The van der Waals surface area contributed by atoms with E-state index in [1.54, 1.807) is 13.8 Å². The summed E-state index contributed by atoms with van der Waals surface area (Å²) in [5.74, 6) is -0.414. The summed E-state index contributed by atoms with van der Waals surface area (Å²) in [6.07, 6.45) is 0. The molecule has 0 atom stereocenters. The van der Waals surface area contributed by atoms with Crippen LogP contribution in [0.2, 0.25) is 18.1 Å². The van der Waals surface area contributed by atoms with Crippen molar-refractivity contribution in [1.82, 2.24) is 14.2 Å². The fourth-order valence-electron chi connectivity index (χ4n) is 2.25. The van der Waals surface area contributed by atoms with Gasteiger partial charge in [-0.1, -0.05) is 33.9 Å². The number of hydrogen-bond acceptors (Lipinski definition) is 4. The van der Waals surface area contributed by atoms with Gasteiger partial charge in [0.2, 0.25) is 0 Å². The second-order valence-electron chi connectivity index (χ2n) is 8.80. The highest BCUT2D eigenvalue weighted by molar-refractivity contribution is 7.90. The molecule has 0 fully saturated rings. The highest BCUT2D eigenvalue weighted by Crippen LogP contribution is 2.35. The summed E-state index contributed by atoms with van der Waals surface area (Å²) in [5.41, 5.74) is -0.585. The minimum atomic E-state index is -3.88. The van der Waals surface area contributed by atoms with E-state index >= 15 is 0 Å². The molecule has 0 unspecified atom stereocenters. The lowest BCUT2D eigenvalue weighted by molar-refractivity contribution is 0.0711. The normalized spacial score (nSPS) is 13.8. The van der Waals surface area contributed by atoms with Crippen molar-refractivity contribution >= 4 is 18.3 Å². The van der Waals surface area contributed by atoms with Gasteiger partial charge in [-0.2, -0.15) is 5.10 Å². The molecule has 0 aliphatic carbocycles. The zero-order valence-electron chi connectivity index (χ0n) is 16.8. The third-order valence-electron chi connectivity index (χ3n) is 4.92. The number of hydrogen-bond donors (Lipinski definition) is 2. The highest BCUT2D eigenvalue weighted by atomic mass is 32.2. The molecule has 1 heterocycles. The zero-order chi connectivity index (χ0) is 20.8. The molecule has 0 aliphatic heterocycles. The van der Waals surface area contributed by atoms with Crippen LogP contribution in [0.4, 0.5) is 4.39 Å². The van der Waals surface area contributed by atoms with E-state index in [0.717, 1.165) is 0 Å². The molecule has 6 nitrogen and oxygen atoms in total. The first-order chi connectivity index (χ1) is 12.0. The Morgan fingerprint density at radius 1 is 1.11 bits per heavy atom. The lowest BCUT2D eigenvalue weighted by Gasteiger charge is -2.36. The molecule has 0 radical (unpaired) electrons. The molecule has 9 heteroatoms. The largest absolute Gasteiger partial charge is 0.384 e. The van der Waals surface area contributed by atoms with Crippen molar-refractivity contribution in [2.45, 2.75) is 63.4 Å². The first-order valence-corrected chi connectivity index (χ1v) is 13.2. The maximum Gasteiger partial charge on any atom is 0.253 e. The lowest BCUT2D eigenvalue weighted by Crippen LogP contribution is -2.54. The van der Waals surface area contributed by atoms with E-state index in [-0.39, 0.29) is 10.1 Å². The molecule has 0 saturated heterocycles. The number of nitrogens with zero attached hydrogens (tertiary/aromatic N) is 2. The molecule has 0 amide bonds. The fraction of sp³-hybridized carbons (Fsp3) is 0.500. The number of nitrogens with one attached hydrogen (secondary N) is 1. The quantitative estimate of drug-likeness (QED) is 0.735. The summed E-state index contributed by atoms with van der Waals surface area (Å²) in [7, 11) is -6.25. The molecule has 2 rings (SSSR count). The van der Waals surface area contributed by atoms with E-state index in [9.17, 15) is 17.9 Å². The Bertz CT molecular complexity index is 924. The van der Waals surface area contributed by atoms with Crippen molar-refractivity contribution < 1.29 is 17.9 Å². The topological polar surface area (TPSA) is 84.2 Å². The Morgan fingerprint density at radius 2 is 1.63 bits per heavy atom. The van der Waals surface area contributed by atoms with Gasteiger partial charge in [0.1, 0.15) is 19.7 Å². The molecule has 1 aromatic carbocycles. The number of sulfonamides is 1.